The first-order valence-electron chi connectivity index (χ1n) is 4.34. The Morgan fingerprint density at radius 3 is 1.71 bits per heavy atom. The van der Waals surface area contributed by atoms with Crippen LogP contribution in [0, 0.1) is 22.7 Å². The lowest BCUT2D eigenvalue weighted by molar-refractivity contribution is 0.989. The summed E-state index contributed by atoms with van der Waals surface area (Å²) in [6.07, 6.45) is 1.57. The molecule has 0 N–H and O–H groups in total. The largest absolute Gasteiger partial charge is 0.197 e. The number of nitriles is 2. The van der Waals surface area contributed by atoms with Gasteiger partial charge in [-0.2, -0.15) is 10.5 Å². The van der Waals surface area contributed by atoms with E-state index in [9.17, 15) is 0 Å². The SMILES string of the molecule is CCC(C#N)SC(=S)SC(C#N)CC. The molecule has 0 aliphatic heterocycles. The van der Waals surface area contributed by atoms with Crippen molar-refractivity contribution in [2.24, 2.45) is 0 Å². The van der Waals surface area contributed by atoms with Crippen molar-refractivity contribution < 1.29 is 0 Å². The molecular formula is C9H12N2S3. The third-order valence-electron chi connectivity index (χ3n) is 1.51. The van der Waals surface area contributed by atoms with E-state index >= 15 is 0 Å². The second kappa shape index (κ2) is 8.11. The molecule has 0 rings (SSSR count). The Kier molecular flexibility index (Phi) is 7.98. The molecule has 76 valence electrons. The minimum atomic E-state index is -0.0776. The second-order valence-corrected chi connectivity index (χ2v) is 6.15. The zero-order chi connectivity index (χ0) is 11.0. The van der Waals surface area contributed by atoms with Crippen molar-refractivity contribution in [3.05, 3.63) is 0 Å². The van der Waals surface area contributed by atoms with Crippen LogP contribution in [0.4, 0.5) is 0 Å². The summed E-state index contributed by atoms with van der Waals surface area (Å²) in [6, 6.07) is 4.34. The first-order chi connectivity index (χ1) is 6.67. The topological polar surface area (TPSA) is 47.6 Å². The first kappa shape index (κ1) is 13.8. The Labute approximate surface area is 99.0 Å². The van der Waals surface area contributed by atoms with Gasteiger partial charge in [-0.15, -0.1) is 0 Å². The molecule has 0 aliphatic carbocycles. The van der Waals surface area contributed by atoms with Crippen molar-refractivity contribution in [3.8, 4) is 12.1 Å². The smallest absolute Gasteiger partial charge is 0.106 e. The third-order valence-corrected chi connectivity index (χ3v) is 4.49. The number of hydrogen-bond donors (Lipinski definition) is 0. The second-order valence-electron chi connectivity index (χ2n) is 2.54. The van der Waals surface area contributed by atoms with E-state index in [1.165, 1.54) is 23.5 Å². The first-order valence-corrected chi connectivity index (χ1v) is 6.51. The molecule has 0 heterocycles. The maximum Gasteiger partial charge on any atom is 0.106 e. The van der Waals surface area contributed by atoms with Gasteiger partial charge in [0.15, 0.2) is 0 Å². The van der Waals surface area contributed by atoms with Gasteiger partial charge in [-0.1, -0.05) is 49.6 Å². The van der Waals surface area contributed by atoms with Crippen molar-refractivity contribution in [1.82, 2.24) is 0 Å². The molecule has 0 aromatic carbocycles. The van der Waals surface area contributed by atoms with Gasteiger partial charge in [0.1, 0.15) is 3.53 Å². The molecule has 2 unspecified atom stereocenters. The van der Waals surface area contributed by atoms with E-state index in [2.05, 4.69) is 12.1 Å². The van der Waals surface area contributed by atoms with Crippen molar-refractivity contribution >= 4 is 39.3 Å². The minimum absolute atomic E-state index is 0.0776. The normalized spacial score (nSPS) is 13.7. The molecule has 0 radical (unpaired) electrons. The van der Waals surface area contributed by atoms with Crippen LogP contribution in [0.25, 0.3) is 0 Å². The molecular weight excluding hydrogens is 232 g/mol. The van der Waals surface area contributed by atoms with E-state index in [0.29, 0.717) is 3.53 Å². The van der Waals surface area contributed by atoms with Gasteiger partial charge in [0.2, 0.25) is 0 Å². The quantitative estimate of drug-likeness (QED) is 0.710. The average molecular weight is 244 g/mol. The fraction of sp³-hybridized carbons (Fsp3) is 0.667. The fourth-order valence-electron chi connectivity index (χ4n) is 0.662. The minimum Gasteiger partial charge on any atom is -0.197 e. The molecule has 0 saturated carbocycles. The van der Waals surface area contributed by atoms with Gasteiger partial charge in [-0.3, -0.25) is 0 Å². The molecule has 0 saturated heterocycles. The van der Waals surface area contributed by atoms with Gasteiger partial charge in [0, 0.05) is 0 Å². The van der Waals surface area contributed by atoms with Gasteiger partial charge in [0.05, 0.1) is 22.6 Å². The van der Waals surface area contributed by atoms with Crippen molar-refractivity contribution in [2.75, 3.05) is 0 Å². The van der Waals surface area contributed by atoms with Crippen LogP contribution in [0.3, 0.4) is 0 Å². The van der Waals surface area contributed by atoms with Crippen molar-refractivity contribution in [3.63, 3.8) is 0 Å². The number of rotatable bonds is 4. The van der Waals surface area contributed by atoms with Crippen molar-refractivity contribution in [1.29, 1.82) is 10.5 Å². The summed E-state index contributed by atoms with van der Waals surface area (Å²) >= 11 is 7.87. The van der Waals surface area contributed by atoms with Crippen LogP contribution in [0.5, 0.6) is 0 Å². The highest BCUT2D eigenvalue weighted by molar-refractivity contribution is 8.47. The Morgan fingerprint density at radius 1 is 1.14 bits per heavy atom. The summed E-state index contributed by atoms with van der Waals surface area (Å²) in [4.78, 5) is 0. The van der Waals surface area contributed by atoms with E-state index in [1.54, 1.807) is 0 Å². The lowest BCUT2D eigenvalue weighted by Crippen LogP contribution is -2.03. The molecule has 14 heavy (non-hydrogen) atoms. The summed E-state index contributed by atoms with van der Waals surface area (Å²) in [5.41, 5.74) is 0. The van der Waals surface area contributed by atoms with Gasteiger partial charge < -0.3 is 0 Å². The highest BCUT2D eigenvalue weighted by Crippen LogP contribution is 2.27. The summed E-state index contributed by atoms with van der Waals surface area (Å²) in [6.45, 7) is 3.91. The Morgan fingerprint density at radius 2 is 1.50 bits per heavy atom. The molecule has 0 aliphatic rings. The Balaban J connectivity index is 3.99. The standard InChI is InChI=1S/C9H12N2S3/c1-3-7(5-10)13-9(12)14-8(4-2)6-11/h7-8H,3-4H2,1-2H3. The van der Waals surface area contributed by atoms with Gasteiger partial charge in [-0.05, 0) is 12.8 Å². The fourth-order valence-corrected chi connectivity index (χ4v) is 3.18. The molecule has 0 amide bonds. The zero-order valence-corrected chi connectivity index (χ0v) is 10.6. The predicted octanol–water partition coefficient (Wildman–Crippen LogP) is 3.34. The Hall–Kier alpha value is -0.230. The molecule has 0 aromatic heterocycles. The summed E-state index contributed by atoms with van der Waals surface area (Å²) in [7, 11) is 0. The van der Waals surface area contributed by atoms with Gasteiger partial charge >= 0.3 is 0 Å². The summed E-state index contributed by atoms with van der Waals surface area (Å²) in [5, 5.41) is 17.3. The van der Waals surface area contributed by atoms with Crippen molar-refractivity contribution in [2.45, 2.75) is 37.2 Å². The number of hydrogen-bond acceptors (Lipinski definition) is 5. The van der Waals surface area contributed by atoms with Crippen LogP contribution in [-0.2, 0) is 0 Å². The molecule has 0 fully saturated rings. The monoisotopic (exact) mass is 244 g/mol. The maximum absolute atomic E-state index is 8.72. The van der Waals surface area contributed by atoms with Gasteiger partial charge in [-0.25, -0.2) is 0 Å². The van der Waals surface area contributed by atoms with Crippen LogP contribution < -0.4 is 0 Å². The van der Waals surface area contributed by atoms with E-state index in [0.717, 1.165) is 12.8 Å². The van der Waals surface area contributed by atoms with Gasteiger partial charge in [0.25, 0.3) is 0 Å². The summed E-state index contributed by atoms with van der Waals surface area (Å²) < 4.78 is 0.701. The van der Waals surface area contributed by atoms with E-state index in [4.69, 9.17) is 22.7 Å². The van der Waals surface area contributed by atoms with Crippen LogP contribution in [0.1, 0.15) is 26.7 Å². The third kappa shape index (κ3) is 5.49. The Bertz CT molecular complexity index is 238. The zero-order valence-electron chi connectivity index (χ0n) is 8.19. The highest BCUT2D eigenvalue weighted by Gasteiger charge is 2.13. The molecule has 0 aromatic rings. The average Bonchev–Trinajstić information content (AvgIpc) is 2.22. The lowest BCUT2D eigenvalue weighted by Gasteiger charge is -2.08. The molecule has 2 nitrogen and oxygen atoms in total. The van der Waals surface area contributed by atoms with E-state index in [1.807, 2.05) is 13.8 Å². The predicted molar refractivity (Wildman–Crippen MR) is 67.2 cm³/mol. The maximum atomic E-state index is 8.72. The number of thiocarbonyl (C=S) groups is 1. The van der Waals surface area contributed by atoms with Crippen LogP contribution in [0.15, 0.2) is 0 Å². The number of thioether (sulfide) groups is 2. The van der Waals surface area contributed by atoms with Crippen LogP contribution in [-0.4, -0.2) is 14.0 Å². The van der Waals surface area contributed by atoms with Crippen LogP contribution >= 0.6 is 35.7 Å². The van der Waals surface area contributed by atoms with E-state index < -0.39 is 0 Å². The number of nitrogens with zero attached hydrogens (tertiary/aromatic N) is 2. The lowest BCUT2D eigenvalue weighted by atomic mass is 10.4. The molecule has 2 atom stereocenters. The van der Waals surface area contributed by atoms with Crippen LogP contribution in [0.2, 0.25) is 0 Å². The summed E-state index contributed by atoms with van der Waals surface area (Å²) in [5.74, 6) is 0. The molecule has 5 heteroatoms. The highest BCUT2D eigenvalue weighted by atomic mass is 32.2. The molecule has 0 bridgehead atoms. The van der Waals surface area contributed by atoms with E-state index in [-0.39, 0.29) is 10.5 Å². The molecule has 0 spiro atoms.